The van der Waals surface area contributed by atoms with Crippen molar-refractivity contribution in [2.75, 3.05) is 14.2 Å². The standard InChI is InChI=1S/C62H48Br4O20S4/c1-81-61(71)33-57-39-20-37-25-47(83-87(73,74)51-11-3-43(63)4-12-51)23-35(55(37)31-59(67)68)19-36-24-48(84-88(75,76)52-13-5-44(64)6-14-52)26-38(56(36)32-60(69)70)21-40-28-50(86-90(79,80)54-17-9-46(66)10-18-54)30-42(58(40)34-62(72)82-2)22-41(57)29-49(27-39)85-89(77,78)53-15-7-45(65)8-16-53/h3-18,23-30H,19-22,31-34H2,1-2H3,(H,67,68)(H,69,70). The van der Waals surface area contributed by atoms with Gasteiger partial charge in [-0.25, -0.2) is 0 Å². The van der Waals surface area contributed by atoms with Crippen LogP contribution in [-0.2, 0) is 120 Å². The molecule has 0 unspecified atom stereocenters. The molecule has 9 rings (SSSR count). The van der Waals surface area contributed by atoms with Gasteiger partial charge < -0.3 is 36.4 Å². The normalized spacial score (nSPS) is 12.5. The maximum absolute atomic E-state index is 14.3. The smallest absolute Gasteiger partial charge is 0.339 e. The number of aliphatic carboxylic acids is 2. The average Bonchev–Trinajstić information content (AvgIpc) is 0.952. The van der Waals surface area contributed by atoms with Crippen LogP contribution in [0.4, 0.5) is 0 Å². The maximum Gasteiger partial charge on any atom is 0.339 e. The molecule has 0 aliphatic heterocycles. The van der Waals surface area contributed by atoms with Crippen LogP contribution in [0.1, 0.15) is 66.8 Å². The SMILES string of the molecule is COC(=O)Cc1c2cc(OS(=O)(=O)c3ccc(Br)cc3)cc1Cc1cc(OS(=O)(=O)c3ccc(Br)cc3)cc(c1CC(=O)OC)Cc1cc(OS(=O)(=O)c3ccc(Br)cc3)cc(c1CC(=O)O)Cc1cc(OS(=O)(=O)c3ccc(Br)cc3)cc(c1CC(=O)O)C2. The first-order valence-electron chi connectivity index (χ1n) is 26.4. The number of benzene rings is 8. The van der Waals surface area contributed by atoms with Crippen molar-refractivity contribution in [2.45, 2.75) is 70.9 Å². The summed E-state index contributed by atoms with van der Waals surface area (Å²) in [6.45, 7) is 0. The minimum absolute atomic E-state index is 0.000392. The van der Waals surface area contributed by atoms with Crippen LogP contribution >= 0.6 is 63.7 Å². The Hall–Kier alpha value is -7.44. The predicted molar refractivity (Wildman–Crippen MR) is 339 cm³/mol. The third-order valence-electron chi connectivity index (χ3n) is 14.1. The summed E-state index contributed by atoms with van der Waals surface area (Å²) in [7, 11) is -16.7. The van der Waals surface area contributed by atoms with Crippen molar-refractivity contribution in [3.05, 3.63) is 230 Å². The molecule has 0 heterocycles. The van der Waals surface area contributed by atoms with Gasteiger partial charge in [-0.3, -0.25) is 19.2 Å². The highest BCUT2D eigenvalue weighted by molar-refractivity contribution is 9.11. The third-order valence-corrected chi connectivity index (χ3v) is 21.3. The Balaban J connectivity index is 1.41. The lowest BCUT2D eigenvalue weighted by Crippen LogP contribution is -2.18. The number of hydrogen-bond acceptors (Lipinski definition) is 18. The van der Waals surface area contributed by atoms with Crippen molar-refractivity contribution < 1.29 is 89.3 Å². The predicted octanol–water partition coefficient (Wildman–Crippen LogP) is 11.2. The van der Waals surface area contributed by atoms with E-state index in [4.69, 9.17) is 26.2 Å². The van der Waals surface area contributed by atoms with Gasteiger partial charge in [0.05, 0.1) is 39.9 Å². The molecule has 8 bridgehead atoms. The van der Waals surface area contributed by atoms with Gasteiger partial charge in [0.2, 0.25) is 0 Å². The Labute approximate surface area is 551 Å². The van der Waals surface area contributed by atoms with E-state index in [-0.39, 0.29) is 97.8 Å². The molecule has 468 valence electrons. The molecule has 0 saturated heterocycles. The van der Waals surface area contributed by atoms with Gasteiger partial charge in [0.1, 0.15) is 42.6 Å². The first kappa shape index (κ1) is 67.0. The lowest BCUT2D eigenvalue weighted by Gasteiger charge is -2.24. The zero-order valence-electron chi connectivity index (χ0n) is 46.9. The highest BCUT2D eigenvalue weighted by Gasteiger charge is 2.30. The van der Waals surface area contributed by atoms with Crippen molar-refractivity contribution in [1.29, 1.82) is 0 Å². The molecule has 90 heavy (non-hydrogen) atoms. The summed E-state index contributed by atoms with van der Waals surface area (Å²) in [6.07, 6.45) is -4.77. The molecule has 0 spiro atoms. The molecule has 8 aromatic rings. The van der Waals surface area contributed by atoms with Crippen molar-refractivity contribution in [1.82, 2.24) is 0 Å². The van der Waals surface area contributed by atoms with Crippen LogP contribution in [-0.4, -0.2) is 82.0 Å². The van der Waals surface area contributed by atoms with Gasteiger partial charge in [-0.1, -0.05) is 63.7 Å². The summed E-state index contributed by atoms with van der Waals surface area (Å²) in [5.74, 6) is -6.08. The van der Waals surface area contributed by atoms with E-state index in [1.165, 1.54) is 146 Å². The van der Waals surface area contributed by atoms with Gasteiger partial charge >= 0.3 is 64.3 Å². The number of carbonyl (C=O) groups is 4. The Kier molecular flexibility index (Phi) is 20.5. The highest BCUT2D eigenvalue weighted by Crippen LogP contribution is 2.40. The van der Waals surface area contributed by atoms with Gasteiger partial charge in [-0.05, 0) is 238 Å². The molecule has 1 aliphatic carbocycles. The Morgan fingerprint density at radius 2 is 0.511 bits per heavy atom. The largest absolute Gasteiger partial charge is 0.481 e. The van der Waals surface area contributed by atoms with E-state index in [0.29, 0.717) is 17.9 Å². The summed E-state index contributed by atoms with van der Waals surface area (Å²) >= 11 is 13.2. The van der Waals surface area contributed by atoms with Crippen LogP contribution in [0.2, 0.25) is 0 Å². The van der Waals surface area contributed by atoms with Gasteiger partial charge in [0, 0.05) is 17.9 Å². The Morgan fingerprint density at radius 3 is 0.678 bits per heavy atom. The van der Waals surface area contributed by atoms with E-state index in [1.807, 2.05) is 0 Å². The molecule has 0 radical (unpaired) electrons. The lowest BCUT2D eigenvalue weighted by molar-refractivity contribution is -0.140. The van der Waals surface area contributed by atoms with Crippen molar-refractivity contribution in [3.63, 3.8) is 0 Å². The number of methoxy groups -OCH3 is 2. The summed E-state index contributed by atoms with van der Waals surface area (Å²) in [4.78, 5) is 52.9. The molecule has 0 atom stereocenters. The lowest BCUT2D eigenvalue weighted by atomic mass is 9.82. The van der Waals surface area contributed by atoms with Crippen LogP contribution in [0.5, 0.6) is 23.0 Å². The van der Waals surface area contributed by atoms with Crippen LogP contribution in [0.3, 0.4) is 0 Å². The number of carbonyl (C=O) groups excluding carboxylic acids is 2. The first-order chi connectivity index (χ1) is 42.5. The number of rotatable bonds is 20. The van der Waals surface area contributed by atoms with Crippen LogP contribution < -0.4 is 16.7 Å². The quantitative estimate of drug-likeness (QED) is 0.0529. The molecular formula is C62H48Br4O20S4. The second-order valence-electron chi connectivity index (χ2n) is 20.2. The van der Waals surface area contributed by atoms with Crippen LogP contribution in [0, 0.1) is 0 Å². The molecule has 0 aromatic heterocycles. The van der Waals surface area contributed by atoms with Crippen LogP contribution in [0.25, 0.3) is 0 Å². The Morgan fingerprint density at radius 1 is 0.333 bits per heavy atom. The number of esters is 2. The molecule has 0 fully saturated rings. The van der Waals surface area contributed by atoms with E-state index >= 15 is 0 Å². The van der Waals surface area contributed by atoms with E-state index in [1.54, 1.807) is 0 Å². The number of carboxylic acids is 2. The number of halogens is 4. The topological polar surface area (TPSA) is 301 Å². The fraction of sp³-hybridized carbons (Fsp3) is 0.161. The summed E-state index contributed by atoms with van der Waals surface area (Å²) in [5.41, 5.74) is 0.413. The molecular weight excluding hydrogens is 1510 g/mol. The van der Waals surface area contributed by atoms with E-state index in [2.05, 4.69) is 63.7 Å². The van der Waals surface area contributed by atoms with Crippen molar-refractivity contribution in [2.24, 2.45) is 0 Å². The minimum atomic E-state index is -4.74. The summed E-state index contributed by atoms with van der Waals surface area (Å²) in [5, 5.41) is 21.5. The molecule has 8 aromatic carbocycles. The zero-order valence-corrected chi connectivity index (χ0v) is 56.5. The van der Waals surface area contributed by atoms with Gasteiger partial charge in [0.15, 0.2) is 0 Å². The average molecular weight is 1560 g/mol. The zero-order chi connectivity index (χ0) is 65.0. The monoisotopic (exact) mass is 1560 g/mol. The Bertz CT molecular complexity index is 4350. The maximum atomic E-state index is 14.3. The number of fused-ring (bicyclic) bond motifs is 8. The molecule has 1 aliphatic rings. The number of carboxylic acid groups (broad SMARTS) is 2. The molecule has 0 amide bonds. The number of hydrogen-bond donors (Lipinski definition) is 2. The summed E-state index contributed by atoms with van der Waals surface area (Å²) in [6, 6.07) is 31.8. The van der Waals surface area contributed by atoms with Crippen molar-refractivity contribution >= 4 is 128 Å². The minimum Gasteiger partial charge on any atom is -0.481 e. The van der Waals surface area contributed by atoms with E-state index in [0.717, 1.165) is 14.2 Å². The molecule has 0 saturated carbocycles. The molecule has 20 nitrogen and oxygen atoms in total. The fourth-order valence-corrected chi connectivity index (χ4v) is 14.8. The van der Waals surface area contributed by atoms with Gasteiger partial charge in [-0.2, -0.15) is 33.7 Å². The van der Waals surface area contributed by atoms with Crippen LogP contribution in [0.15, 0.2) is 183 Å². The van der Waals surface area contributed by atoms with E-state index < -0.39 is 127 Å². The summed E-state index contributed by atoms with van der Waals surface area (Å²) < 4.78 is 150. The van der Waals surface area contributed by atoms with Crippen molar-refractivity contribution in [3.8, 4) is 23.0 Å². The van der Waals surface area contributed by atoms with Gasteiger partial charge in [0.25, 0.3) is 0 Å². The highest BCUT2D eigenvalue weighted by atomic mass is 79.9. The first-order valence-corrected chi connectivity index (χ1v) is 35.2. The second-order valence-corrected chi connectivity index (χ2v) is 30.0. The fourth-order valence-electron chi connectivity index (χ4n) is 10.1. The van der Waals surface area contributed by atoms with Gasteiger partial charge in [-0.15, -0.1) is 0 Å². The number of ether oxygens (including phenoxy) is 2. The molecule has 2 N–H and O–H groups in total. The second kappa shape index (κ2) is 27.6. The molecule has 28 heteroatoms. The van der Waals surface area contributed by atoms with E-state index in [9.17, 15) is 63.1 Å². The third kappa shape index (κ3) is 16.4.